The summed E-state index contributed by atoms with van der Waals surface area (Å²) in [6, 6.07) is 7.94. The first-order chi connectivity index (χ1) is 9.26. The Morgan fingerprint density at radius 3 is 2.89 bits per heavy atom. The van der Waals surface area contributed by atoms with Gasteiger partial charge >= 0.3 is 0 Å². The maximum Gasteiger partial charge on any atom is 0.164 e. The minimum absolute atomic E-state index is 0.217. The number of rotatable bonds is 5. The number of carbonyl (C=O) groups is 1. The molecule has 1 fully saturated rings. The van der Waals surface area contributed by atoms with Crippen LogP contribution in [0.2, 0.25) is 0 Å². The summed E-state index contributed by atoms with van der Waals surface area (Å²) in [5, 5.41) is 0. The maximum absolute atomic E-state index is 12.0. The SMILES string of the molecule is CCOC1CCCN(c2ccccc2C(=O)CC)C1. The molecule has 1 aliphatic heterocycles. The molecule has 1 unspecified atom stereocenters. The summed E-state index contributed by atoms with van der Waals surface area (Å²) < 4.78 is 5.73. The fourth-order valence-electron chi connectivity index (χ4n) is 2.70. The lowest BCUT2D eigenvalue weighted by Crippen LogP contribution is -2.40. The Labute approximate surface area is 115 Å². The molecule has 0 spiro atoms. The first-order valence-corrected chi connectivity index (χ1v) is 7.25. The summed E-state index contributed by atoms with van der Waals surface area (Å²) >= 11 is 0. The van der Waals surface area contributed by atoms with Crippen molar-refractivity contribution in [3.63, 3.8) is 0 Å². The van der Waals surface area contributed by atoms with Gasteiger partial charge in [0.1, 0.15) is 0 Å². The number of hydrogen-bond donors (Lipinski definition) is 0. The van der Waals surface area contributed by atoms with Gasteiger partial charge < -0.3 is 9.64 Å². The Balaban J connectivity index is 2.19. The van der Waals surface area contributed by atoms with Crippen LogP contribution in [-0.2, 0) is 4.74 Å². The first kappa shape index (κ1) is 14.1. The molecule has 19 heavy (non-hydrogen) atoms. The van der Waals surface area contributed by atoms with E-state index in [0.717, 1.165) is 43.8 Å². The molecule has 1 saturated heterocycles. The lowest BCUT2D eigenvalue weighted by atomic mass is 10.0. The average molecular weight is 261 g/mol. The zero-order chi connectivity index (χ0) is 13.7. The van der Waals surface area contributed by atoms with Gasteiger partial charge in [0.15, 0.2) is 5.78 Å². The van der Waals surface area contributed by atoms with E-state index in [1.807, 2.05) is 32.0 Å². The van der Waals surface area contributed by atoms with E-state index in [-0.39, 0.29) is 5.78 Å². The van der Waals surface area contributed by atoms with E-state index >= 15 is 0 Å². The van der Waals surface area contributed by atoms with Crippen molar-refractivity contribution < 1.29 is 9.53 Å². The number of para-hydroxylation sites is 1. The summed E-state index contributed by atoms with van der Waals surface area (Å²) in [6.07, 6.45) is 3.09. The van der Waals surface area contributed by atoms with E-state index in [1.54, 1.807) is 0 Å². The Morgan fingerprint density at radius 1 is 1.37 bits per heavy atom. The Hall–Kier alpha value is -1.35. The van der Waals surface area contributed by atoms with Crippen LogP contribution in [-0.4, -0.2) is 31.6 Å². The molecule has 0 bridgehead atoms. The molecule has 3 nitrogen and oxygen atoms in total. The van der Waals surface area contributed by atoms with E-state index < -0.39 is 0 Å². The highest BCUT2D eigenvalue weighted by atomic mass is 16.5. The van der Waals surface area contributed by atoms with Gasteiger partial charge in [-0.05, 0) is 31.9 Å². The highest BCUT2D eigenvalue weighted by Gasteiger charge is 2.23. The number of ketones is 1. The van der Waals surface area contributed by atoms with E-state index in [2.05, 4.69) is 11.0 Å². The number of piperidine rings is 1. The second kappa shape index (κ2) is 6.71. The van der Waals surface area contributed by atoms with Crippen molar-refractivity contribution >= 4 is 11.5 Å². The quantitative estimate of drug-likeness (QED) is 0.762. The van der Waals surface area contributed by atoms with Crippen LogP contribution in [0.15, 0.2) is 24.3 Å². The number of anilines is 1. The van der Waals surface area contributed by atoms with Crippen LogP contribution in [0.4, 0.5) is 5.69 Å². The molecule has 0 aliphatic carbocycles. The molecule has 0 N–H and O–H groups in total. The first-order valence-electron chi connectivity index (χ1n) is 7.25. The van der Waals surface area contributed by atoms with Gasteiger partial charge in [0.25, 0.3) is 0 Å². The molecular formula is C16H23NO2. The zero-order valence-corrected chi connectivity index (χ0v) is 11.9. The predicted molar refractivity (Wildman–Crippen MR) is 77.9 cm³/mol. The van der Waals surface area contributed by atoms with Crippen molar-refractivity contribution in [3.8, 4) is 0 Å². The van der Waals surface area contributed by atoms with Crippen LogP contribution in [0.25, 0.3) is 0 Å². The second-order valence-corrected chi connectivity index (χ2v) is 4.96. The normalized spacial score (nSPS) is 19.5. The minimum atomic E-state index is 0.217. The van der Waals surface area contributed by atoms with Gasteiger partial charge in [0.05, 0.1) is 6.10 Å². The third-order valence-electron chi connectivity index (χ3n) is 3.65. The van der Waals surface area contributed by atoms with E-state index in [1.165, 1.54) is 0 Å². The van der Waals surface area contributed by atoms with Crippen molar-refractivity contribution in [2.75, 3.05) is 24.6 Å². The van der Waals surface area contributed by atoms with Gasteiger partial charge in [-0.15, -0.1) is 0 Å². The van der Waals surface area contributed by atoms with E-state index in [9.17, 15) is 4.79 Å². The number of carbonyl (C=O) groups excluding carboxylic acids is 1. The summed E-state index contributed by atoms with van der Waals surface area (Å²) in [7, 11) is 0. The maximum atomic E-state index is 12.0. The van der Waals surface area contributed by atoms with Gasteiger partial charge in [-0.2, -0.15) is 0 Å². The summed E-state index contributed by atoms with van der Waals surface area (Å²) in [5.74, 6) is 0.217. The number of benzene rings is 1. The molecule has 0 saturated carbocycles. The molecule has 1 heterocycles. The largest absolute Gasteiger partial charge is 0.377 e. The van der Waals surface area contributed by atoms with Crippen molar-refractivity contribution in [2.45, 2.75) is 39.2 Å². The molecule has 2 rings (SSSR count). The lowest BCUT2D eigenvalue weighted by Gasteiger charge is -2.35. The van der Waals surface area contributed by atoms with Crippen LogP contribution in [0, 0.1) is 0 Å². The van der Waals surface area contributed by atoms with E-state index in [0.29, 0.717) is 12.5 Å². The van der Waals surface area contributed by atoms with Gasteiger partial charge in [0, 0.05) is 37.4 Å². The summed E-state index contributed by atoms with van der Waals surface area (Å²) in [4.78, 5) is 14.3. The third-order valence-corrected chi connectivity index (χ3v) is 3.65. The summed E-state index contributed by atoms with van der Waals surface area (Å²) in [5.41, 5.74) is 1.92. The van der Waals surface area contributed by atoms with Crippen LogP contribution in [0.3, 0.4) is 0 Å². The van der Waals surface area contributed by atoms with Crippen molar-refractivity contribution in [3.05, 3.63) is 29.8 Å². The Kier molecular flexibility index (Phi) is 4.97. The fourth-order valence-corrected chi connectivity index (χ4v) is 2.70. The average Bonchev–Trinajstić information content (AvgIpc) is 2.47. The highest BCUT2D eigenvalue weighted by Crippen LogP contribution is 2.26. The number of nitrogens with zero attached hydrogens (tertiary/aromatic N) is 1. The molecule has 0 aromatic heterocycles. The molecular weight excluding hydrogens is 238 g/mol. The molecule has 3 heteroatoms. The standard InChI is InChI=1S/C16H23NO2/c1-3-16(18)14-9-5-6-10-15(14)17-11-7-8-13(12-17)19-4-2/h5-6,9-10,13H,3-4,7-8,11-12H2,1-2H3. The Bertz CT molecular complexity index is 429. The number of hydrogen-bond acceptors (Lipinski definition) is 3. The Morgan fingerprint density at radius 2 is 2.16 bits per heavy atom. The fraction of sp³-hybridized carbons (Fsp3) is 0.562. The molecule has 0 radical (unpaired) electrons. The van der Waals surface area contributed by atoms with Gasteiger partial charge in [0.2, 0.25) is 0 Å². The molecule has 1 aromatic rings. The molecule has 1 aliphatic rings. The predicted octanol–water partition coefficient (Wildman–Crippen LogP) is 3.28. The van der Waals surface area contributed by atoms with Crippen molar-refractivity contribution in [2.24, 2.45) is 0 Å². The zero-order valence-electron chi connectivity index (χ0n) is 11.9. The van der Waals surface area contributed by atoms with E-state index in [4.69, 9.17) is 4.74 Å². The van der Waals surface area contributed by atoms with Crippen LogP contribution < -0.4 is 4.90 Å². The van der Waals surface area contributed by atoms with Gasteiger partial charge in [-0.25, -0.2) is 0 Å². The van der Waals surface area contributed by atoms with Gasteiger partial charge in [-0.1, -0.05) is 19.1 Å². The van der Waals surface area contributed by atoms with Crippen LogP contribution in [0.1, 0.15) is 43.5 Å². The highest BCUT2D eigenvalue weighted by molar-refractivity contribution is 6.01. The molecule has 0 amide bonds. The van der Waals surface area contributed by atoms with Crippen LogP contribution in [0.5, 0.6) is 0 Å². The van der Waals surface area contributed by atoms with Crippen LogP contribution >= 0.6 is 0 Å². The smallest absolute Gasteiger partial charge is 0.164 e. The lowest BCUT2D eigenvalue weighted by molar-refractivity contribution is 0.0526. The number of ether oxygens (including phenoxy) is 1. The topological polar surface area (TPSA) is 29.5 Å². The molecule has 104 valence electrons. The monoisotopic (exact) mass is 261 g/mol. The van der Waals surface area contributed by atoms with Crippen molar-refractivity contribution in [1.82, 2.24) is 0 Å². The summed E-state index contributed by atoms with van der Waals surface area (Å²) in [6.45, 7) is 6.61. The number of Topliss-reactive ketones (excluding diaryl/α,β-unsaturated/α-hetero) is 1. The third kappa shape index (κ3) is 3.35. The molecule has 1 atom stereocenters. The van der Waals surface area contributed by atoms with Gasteiger partial charge in [-0.3, -0.25) is 4.79 Å². The van der Waals surface area contributed by atoms with Crippen molar-refractivity contribution in [1.29, 1.82) is 0 Å². The molecule has 1 aromatic carbocycles. The minimum Gasteiger partial charge on any atom is -0.377 e. The second-order valence-electron chi connectivity index (χ2n) is 4.96.